The van der Waals surface area contributed by atoms with Crippen LogP contribution in [-0.4, -0.2) is 17.6 Å². The predicted octanol–water partition coefficient (Wildman–Crippen LogP) is 2.47. The first kappa shape index (κ1) is 13.0. The Labute approximate surface area is 98.7 Å². The van der Waals surface area contributed by atoms with E-state index in [0.717, 1.165) is 30.0 Å². The topological polar surface area (TPSA) is 42.2 Å². The molecule has 1 heterocycles. The molecule has 16 heavy (non-hydrogen) atoms. The maximum Gasteiger partial charge on any atom is 0.133 e. The summed E-state index contributed by atoms with van der Waals surface area (Å²) in [6, 6.07) is 4.57. The molecular weight excluding hydrogens is 198 g/mol. The van der Waals surface area contributed by atoms with Crippen molar-refractivity contribution in [1.29, 1.82) is 0 Å². The van der Waals surface area contributed by atoms with Crippen molar-refractivity contribution in [2.24, 2.45) is 5.73 Å². The molecule has 0 fully saturated rings. The van der Waals surface area contributed by atoms with Gasteiger partial charge in [0.1, 0.15) is 5.82 Å². The molecule has 0 amide bonds. The lowest BCUT2D eigenvalue weighted by atomic mass is 10.2. The second-order valence-corrected chi connectivity index (χ2v) is 4.43. The van der Waals surface area contributed by atoms with Gasteiger partial charge < -0.3 is 10.6 Å². The van der Waals surface area contributed by atoms with E-state index in [1.54, 1.807) is 0 Å². The lowest BCUT2D eigenvalue weighted by Crippen LogP contribution is -2.33. The largest absolute Gasteiger partial charge is 0.354 e. The Morgan fingerprint density at radius 3 is 2.56 bits per heavy atom. The van der Waals surface area contributed by atoms with E-state index in [1.165, 1.54) is 0 Å². The number of pyridine rings is 1. The highest BCUT2D eigenvalue weighted by Crippen LogP contribution is 2.20. The smallest absolute Gasteiger partial charge is 0.133 e. The molecule has 3 nitrogen and oxygen atoms in total. The zero-order valence-corrected chi connectivity index (χ0v) is 10.8. The van der Waals surface area contributed by atoms with Gasteiger partial charge in [0.05, 0.1) is 0 Å². The first-order valence-corrected chi connectivity index (χ1v) is 6.03. The van der Waals surface area contributed by atoms with Crippen molar-refractivity contribution in [2.75, 3.05) is 11.4 Å². The van der Waals surface area contributed by atoms with Gasteiger partial charge in [0.2, 0.25) is 0 Å². The van der Waals surface area contributed by atoms with E-state index in [9.17, 15) is 0 Å². The molecule has 3 heteroatoms. The van der Waals surface area contributed by atoms with Crippen LogP contribution in [0, 0.1) is 6.92 Å². The Kier molecular flexibility index (Phi) is 4.74. The molecule has 0 bridgehead atoms. The molecule has 1 aromatic heterocycles. The van der Waals surface area contributed by atoms with Crippen LogP contribution in [0.1, 0.15) is 38.4 Å². The van der Waals surface area contributed by atoms with Gasteiger partial charge in [0.15, 0.2) is 0 Å². The molecule has 0 radical (unpaired) electrons. The maximum absolute atomic E-state index is 5.77. The molecule has 0 saturated carbocycles. The molecule has 90 valence electrons. The Morgan fingerprint density at radius 1 is 1.38 bits per heavy atom. The summed E-state index contributed by atoms with van der Waals surface area (Å²) in [4.78, 5) is 6.96. The minimum absolute atomic E-state index is 0.458. The minimum Gasteiger partial charge on any atom is -0.354 e. The lowest BCUT2D eigenvalue weighted by molar-refractivity contribution is 0.657. The van der Waals surface area contributed by atoms with Crippen molar-refractivity contribution in [3.8, 4) is 0 Å². The quantitative estimate of drug-likeness (QED) is 0.830. The van der Waals surface area contributed by atoms with Crippen molar-refractivity contribution in [3.05, 3.63) is 23.4 Å². The molecule has 0 saturated heterocycles. The fourth-order valence-electron chi connectivity index (χ4n) is 1.83. The highest BCUT2D eigenvalue weighted by Gasteiger charge is 2.14. The maximum atomic E-state index is 5.77. The van der Waals surface area contributed by atoms with E-state index in [0.29, 0.717) is 12.6 Å². The van der Waals surface area contributed by atoms with Crippen molar-refractivity contribution in [2.45, 2.75) is 46.7 Å². The monoisotopic (exact) mass is 221 g/mol. The van der Waals surface area contributed by atoms with Gasteiger partial charge in [-0.3, -0.25) is 0 Å². The van der Waals surface area contributed by atoms with Gasteiger partial charge in [0, 0.05) is 30.4 Å². The summed E-state index contributed by atoms with van der Waals surface area (Å²) in [6.45, 7) is 10.2. The number of anilines is 1. The molecule has 0 atom stereocenters. The number of nitrogens with two attached hydrogens (primary N) is 1. The summed E-state index contributed by atoms with van der Waals surface area (Å²) < 4.78 is 0. The van der Waals surface area contributed by atoms with Gasteiger partial charge in [-0.15, -0.1) is 0 Å². The van der Waals surface area contributed by atoms with Crippen LogP contribution in [0.5, 0.6) is 0 Å². The number of aryl methyl sites for hydroxylation is 1. The van der Waals surface area contributed by atoms with Crippen molar-refractivity contribution >= 4 is 5.82 Å². The van der Waals surface area contributed by atoms with Crippen LogP contribution in [0.25, 0.3) is 0 Å². The number of rotatable bonds is 5. The molecule has 1 rings (SSSR count). The second kappa shape index (κ2) is 5.85. The van der Waals surface area contributed by atoms with Gasteiger partial charge >= 0.3 is 0 Å². The van der Waals surface area contributed by atoms with Gasteiger partial charge in [-0.2, -0.15) is 0 Å². The molecule has 1 aromatic rings. The van der Waals surface area contributed by atoms with E-state index in [2.05, 4.69) is 36.7 Å². The van der Waals surface area contributed by atoms with Crippen molar-refractivity contribution < 1.29 is 0 Å². The standard InChI is InChI=1S/C13H23N3/c1-5-8-16(10(2)3)13-12(9-14)7-6-11(4)15-13/h6-7,10H,5,8-9,14H2,1-4H3. The first-order chi connectivity index (χ1) is 7.60. The van der Waals surface area contributed by atoms with Crippen LogP contribution in [0.2, 0.25) is 0 Å². The summed E-state index contributed by atoms with van der Waals surface area (Å²) in [5.74, 6) is 1.05. The molecule has 0 aliphatic carbocycles. The summed E-state index contributed by atoms with van der Waals surface area (Å²) in [5.41, 5.74) is 7.95. The summed E-state index contributed by atoms with van der Waals surface area (Å²) in [7, 11) is 0. The van der Waals surface area contributed by atoms with E-state index < -0.39 is 0 Å². The van der Waals surface area contributed by atoms with Gasteiger partial charge in [-0.1, -0.05) is 13.0 Å². The van der Waals surface area contributed by atoms with Crippen LogP contribution >= 0.6 is 0 Å². The third-order valence-electron chi connectivity index (χ3n) is 2.68. The van der Waals surface area contributed by atoms with Crippen LogP contribution < -0.4 is 10.6 Å². The van der Waals surface area contributed by atoms with Crippen LogP contribution in [-0.2, 0) is 6.54 Å². The number of hydrogen-bond acceptors (Lipinski definition) is 3. The summed E-state index contributed by atoms with van der Waals surface area (Å²) >= 11 is 0. The number of nitrogens with zero attached hydrogens (tertiary/aromatic N) is 2. The molecular formula is C13H23N3. The minimum atomic E-state index is 0.458. The highest BCUT2D eigenvalue weighted by molar-refractivity contribution is 5.48. The predicted molar refractivity (Wildman–Crippen MR) is 69.6 cm³/mol. The average Bonchev–Trinajstić information content (AvgIpc) is 2.25. The van der Waals surface area contributed by atoms with Gasteiger partial charge in [-0.05, 0) is 33.3 Å². The first-order valence-electron chi connectivity index (χ1n) is 6.03. The average molecular weight is 221 g/mol. The molecule has 0 aliphatic rings. The number of aromatic nitrogens is 1. The third-order valence-corrected chi connectivity index (χ3v) is 2.68. The Balaban J connectivity index is 3.10. The second-order valence-electron chi connectivity index (χ2n) is 4.43. The molecule has 0 aliphatic heterocycles. The lowest BCUT2D eigenvalue weighted by Gasteiger charge is -2.29. The van der Waals surface area contributed by atoms with E-state index in [-0.39, 0.29) is 0 Å². The van der Waals surface area contributed by atoms with Crippen molar-refractivity contribution in [1.82, 2.24) is 4.98 Å². The SMILES string of the molecule is CCCN(c1nc(C)ccc1CN)C(C)C. The van der Waals surface area contributed by atoms with Gasteiger partial charge in [-0.25, -0.2) is 4.98 Å². The van der Waals surface area contributed by atoms with Gasteiger partial charge in [0.25, 0.3) is 0 Å². The molecule has 0 aromatic carbocycles. The molecule has 2 N–H and O–H groups in total. The Hall–Kier alpha value is -1.09. The molecule has 0 unspecified atom stereocenters. The zero-order valence-electron chi connectivity index (χ0n) is 10.8. The van der Waals surface area contributed by atoms with Crippen LogP contribution in [0.15, 0.2) is 12.1 Å². The zero-order chi connectivity index (χ0) is 12.1. The summed E-state index contributed by atoms with van der Waals surface area (Å²) in [6.07, 6.45) is 1.12. The van der Waals surface area contributed by atoms with Crippen LogP contribution in [0.3, 0.4) is 0 Å². The van der Waals surface area contributed by atoms with E-state index in [4.69, 9.17) is 5.73 Å². The highest BCUT2D eigenvalue weighted by atomic mass is 15.2. The van der Waals surface area contributed by atoms with Crippen molar-refractivity contribution in [3.63, 3.8) is 0 Å². The Morgan fingerprint density at radius 2 is 2.06 bits per heavy atom. The van der Waals surface area contributed by atoms with E-state index >= 15 is 0 Å². The fraction of sp³-hybridized carbons (Fsp3) is 0.615. The molecule has 0 spiro atoms. The van der Waals surface area contributed by atoms with Crippen LogP contribution in [0.4, 0.5) is 5.82 Å². The number of hydrogen-bond donors (Lipinski definition) is 1. The summed E-state index contributed by atoms with van der Waals surface area (Å²) in [5, 5.41) is 0. The van der Waals surface area contributed by atoms with E-state index in [1.807, 2.05) is 13.0 Å². The Bertz CT molecular complexity index is 334. The normalized spacial score (nSPS) is 10.9. The fourth-order valence-corrected chi connectivity index (χ4v) is 1.83. The third kappa shape index (κ3) is 2.95.